The number of nitrogens with one attached hydrogen (secondary N) is 3. The fraction of sp³-hybridized carbons (Fsp3) is 0.353. The van der Waals surface area contributed by atoms with Gasteiger partial charge in [-0.1, -0.05) is 54.6 Å². The van der Waals surface area contributed by atoms with E-state index in [1.165, 1.54) is 0 Å². The van der Waals surface area contributed by atoms with E-state index in [2.05, 4.69) is 20.6 Å². The third-order valence-corrected chi connectivity index (χ3v) is 7.10. The van der Waals surface area contributed by atoms with Gasteiger partial charge in [-0.15, -0.1) is 0 Å². The molecular weight excluding hydrogens is 556 g/mol. The molecule has 10 nitrogen and oxygen atoms in total. The first-order valence-corrected chi connectivity index (χ1v) is 14.9. The fourth-order valence-corrected chi connectivity index (χ4v) is 4.91. The number of benzene rings is 3. The molecule has 0 radical (unpaired) electrons. The van der Waals surface area contributed by atoms with Crippen molar-refractivity contribution >= 4 is 28.7 Å². The van der Waals surface area contributed by atoms with Crippen molar-refractivity contribution in [2.75, 3.05) is 6.54 Å². The van der Waals surface area contributed by atoms with Gasteiger partial charge in [0.05, 0.1) is 12.6 Å². The van der Waals surface area contributed by atoms with E-state index in [0.29, 0.717) is 30.8 Å². The first-order chi connectivity index (χ1) is 21.0. The largest absolute Gasteiger partial charge is 0.444 e. The zero-order valence-electron chi connectivity index (χ0n) is 25.8. The number of aromatic nitrogens is 2. The van der Waals surface area contributed by atoms with E-state index < -0.39 is 17.7 Å². The number of amides is 3. The highest BCUT2D eigenvalue weighted by atomic mass is 16.6. The van der Waals surface area contributed by atoms with Crippen molar-refractivity contribution in [3.05, 3.63) is 102 Å². The van der Waals surface area contributed by atoms with E-state index in [0.717, 1.165) is 21.9 Å². The summed E-state index contributed by atoms with van der Waals surface area (Å²) in [4.78, 5) is 48.3. The number of H-pyrrole nitrogens is 1. The van der Waals surface area contributed by atoms with Crippen LogP contribution in [0.4, 0.5) is 4.79 Å². The number of nitrogens with zero attached hydrogens (tertiary/aromatic N) is 2. The molecule has 0 spiro atoms. The summed E-state index contributed by atoms with van der Waals surface area (Å²) in [5.74, 6) is -0.00988. The number of hydrogen-bond donors (Lipinski definition) is 4. The number of rotatable bonds is 12. The monoisotopic (exact) mass is 598 g/mol. The topological polar surface area (TPSA) is 142 Å². The first-order valence-electron chi connectivity index (χ1n) is 14.9. The van der Waals surface area contributed by atoms with Gasteiger partial charge in [-0.25, -0.2) is 9.78 Å². The maximum atomic E-state index is 13.4. The van der Waals surface area contributed by atoms with Crippen molar-refractivity contribution in [1.29, 1.82) is 0 Å². The number of ether oxygens (including phenoxy) is 1. The lowest BCUT2D eigenvalue weighted by Gasteiger charge is -2.27. The van der Waals surface area contributed by atoms with Gasteiger partial charge in [-0.05, 0) is 81.1 Å². The maximum absolute atomic E-state index is 13.4. The molecule has 3 amide bonds. The highest BCUT2D eigenvalue weighted by Gasteiger charge is 2.25. The summed E-state index contributed by atoms with van der Waals surface area (Å²) < 4.78 is 5.59. The van der Waals surface area contributed by atoms with Crippen LogP contribution in [0.5, 0.6) is 0 Å². The Labute approximate surface area is 258 Å². The number of carbonyl (C=O) groups excluding carboxylic acids is 3. The summed E-state index contributed by atoms with van der Waals surface area (Å²) in [6.45, 7) is 8.27. The molecule has 4 rings (SSSR count). The van der Waals surface area contributed by atoms with Gasteiger partial charge in [0.25, 0.3) is 5.91 Å². The molecule has 10 heteroatoms. The van der Waals surface area contributed by atoms with Crippen molar-refractivity contribution in [3.63, 3.8) is 0 Å². The minimum atomic E-state index is -0.751. The number of hydrogen-bond acceptors (Lipinski definition) is 6. The SMILES string of the molecule is C[C@H](NC(=O)[C@H](CCCN)NC(=O)c1ccc(CN(Cc2ncc[nH]2)C(=O)OC(C)(C)C)cc1)c1cccc2ccccc12. The molecule has 0 bridgehead atoms. The quantitative estimate of drug-likeness (QED) is 0.176. The molecule has 5 N–H and O–H groups in total. The zero-order valence-corrected chi connectivity index (χ0v) is 25.8. The third-order valence-electron chi connectivity index (χ3n) is 7.10. The normalized spacial score (nSPS) is 12.8. The molecule has 232 valence electrons. The van der Waals surface area contributed by atoms with Crippen LogP contribution in [0.1, 0.15) is 73.9 Å². The standard InChI is InChI=1S/C34H42N6O4/c1-23(27-12-7-10-25-9-5-6-11-28(25)27)38-32(42)29(13-8-18-35)39-31(41)26-16-14-24(15-17-26)21-40(22-30-36-19-20-37-30)33(43)44-34(2,3)4/h5-7,9-12,14-17,19-20,23,29H,8,13,18,21-22,35H2,1-4H3,(H,36,37)(H,38,42)(H,39,41)/t23-,29-/m0/s1. The molecule has 1 heterocycles. The zero-order chi connectivity index (χ0) is 31.7. The van der Waals surface area contributed by atoms with Gasteiger partial charge in [0.1, 0.15) is 17.5 Å². The highest BCUT2D eigenvalue weighted by Crippen LogP contribution is 2.24. The predicted octanol–water partition coefficient (Wildman–Crippen LogP) is 5.21. The molecule has 0 aliphatic rings. The second-order valence-corrected chi connectivity index (χ2v) is 11.8. The second-order valence-electron chi connectivity index (χ2n) is 11.8. The van der Waals surface area contributed by atoms with Gasteiger partial charge < -0.3 is 26.1 Å². The van der Waals surface area contributed by atoms with E-state index in [1.807, 2.05) is 70.2 Å². The number of aromatic amines is 1. The van der Waals surface area contributed by atoms with Crippen LogP contribution in [0.3, 0.4) is 0 Å². The van der Waals surface area contributed by atoms with Crippen LogP contribution in [0.25, 0.3) is 10.8 Å². The van der Waals surface area contributed by atoms with E-state index in [9.17, 15) is 14.4 Å². The van der Waals surface area contributed by atoms with Gasteiger partial charge in [-0.2, -0.15) is 0 Å². The van der Waals surface area contributed by atoms with Crippen molar-refractivity contribution in [3.8, 4) is 0 Å². The van der Waals surface area contributed by atoms with Crippen molar-refractivity contribution in [1.82, 2.24) is 25.5 Å². The molecular formula is C34H42N6O4. The van der Waals surface area contributed by atoms with E-state index in [1.54, 1.807) is 41.6 Å². The summed E-state index contributed by atoms with van der Waals surface area (Å²) in [7, 11) is 0. The number of imidazole rings is 1. The van der Waals surface area contributed by atoms with E-state index >= 15 is 0 Å². The molecule has 44 heavy (non-hydrogen) atoms. The lowest BCUT2D eigenvalue weighted by molar-refractivity contribution is -0.123. The van der Waals surface area contributed by atoms with Crippen LogP contribution in [-0.2, 0) is 22.6 Å². The summed E-state index contributed by atoms with van der Waals surface area (Å²) in [6, 6.07) is 20.0. The Morgan fingerprint density at radius 2 is 1.70 bits per heavy atom. The summed E-state index contributed by atoms with van der Waals surface area (Å²) in [5, 5.41) is 8.13. The molecule has 1 aromatic heterocycles. The highest BCUT2D eigenvalue weighted by molar-refractivity contribution is 5.97. The molecule has 0 aliphatic heterocycles. The Balaban J connectivity index is 1.42. The lowest BCUT2D eigenvalue weighted by Crippen LogP contribution is -2.47. The van der Waals surface area contributed by atoms with Gasteiger partial charge in [0, 0.05) is 24.5 Å². The van der Waals surface area contributed by atoms with Gasteiger partial charge >= 0.3 is 6.09 Å². The Hall–Kier alpha value is -4.70. The molecule has 0 aliphatic carbocycles. The lowest BCUT2D eigenvalue weighted by atomic mass is 9.99. The van der Waals surface area contributed by atoms with Gasteiger partial charge in [-0.3, -0.25) is 14.5 Å². The summed E-state index contributed by atoms with van der Waals surface area (Å²) >= 11 is 0. The van der Waals surface area contributed by atoms with Gasteiger partial charge in [0.15, 0.2) is 0 Å². The Bertz CT molecular complexity index is 1540. The summed E-state index contributed by atoms with van der Waals surface area (Å²) in [6.07, 6.45) is 3.84. The summed E-state index contributed by atoms with van der Waals surface area (Å²) in [5.41, 5.74) is 7.30. The Morgan fingerprint density at radius 1 is 0.977 bits per heavy atom. The molecule has 4 aromatic rings. The maximum Gasteiger partial charge on any atom is 0.410 e. The van der Waals surface area contributed by atoms with Crippen LogP contribution in [-0.4, -0.2) is 51.0 Å². The van der Waals surface area contributed by atoms with Gasteiger partial charge in [0.2, 0.25) is 5.91 Å². The Kier molecular flexibility index (Phi) is 10.7. The van der Waals surface area contributed by atoms with Crippen LogP contribution in [0.15, 0.2) is 79.1 Å². The molecule has 2 atom stereocenters. The molecule has 0 saturated carbocycles. The van der Waals surface area contributed by atoms with Crippen LogP contribution in [0, 0.1) is 0 Å². The van der Waals surface area contributed by atoms with Crippen molar-refractivity contribution < 1.29 is 19.1 Å². The van der Waals surface area contributed by atoms with E-state index in [4.69, 9.17) is 10.5 Å². The average molecular weight is 599 g/mol. The molecule has 0 unspecified atom stereocenters. The molecule has 0 saturated heterocycles. The first kappa shape index (κ1) is 32.2. The van der Waals surface area contributed by atoms with Crippen LogP contribution >= 0.6 is 0 Å². The van der Waals surface area contributed by atoms with Crippen molar-refractivity contribution in [2.45, 2.75) is 71.3 Å². The number of nitrogens with two attached hydrogens (primary N) is 1. The minimum Gasteiger partial charge on any atom is -0.444 e. The third kappa shape index (κ3) is 8.90. The van der Waals surface area contributed by atoms with Crippen LogP contribution in [0.2, 0.25) is 0 Å². The fourth-order valence-electron chi connectivity index (χ4n) is 4.91. The number of carbonyl (C=O) groups is 3. The minimum absolute atomic E-state index is 0.235. The second kappa shape index (κ2) is 14.7. The van der Waals surface area contributed by atoms with E-state index in [-0.39, 0.29) is 30.9 Å². The average Bonchev–Trinajstić information content (AvgIpc) is 3.51. The van der Waals surface area contributed by atoms with Crippen molar-refractivity contribution in [2.24, 2.45) is 5.73 Å². The number of fused-ring (bicyclic) bond motifs is 1. The smallest absolute Gasteiger partial charge is 0.410 e. The predicted molar refractivity (Wildman–Crippen MR) is 171 cm³/mol. The van der Waals surface area contributed by atoms with Crippen LogP contribution < -0.4 is 16.4 Å². The molecule has 0 fully saturated rings. The Morgan fingerprint density at radius 3 is 2.39 bits per heavy atom. The molecule has 3 aromatic carbocycles.